The third-order valence-electron chi connectivity index (χ3n) is 3.54. The molecular weight excluding hydrogens is 264 g/mol. The minimum Gasteiger partial charge on any atom is -0.495 e. The van der Waals surface area contributed by atoms with Crippen LogP contribution in [0.25, 0.3) is 10.9 Å². The minimum atomic E-state index is -0.154. The predicted molar refractivity (Wildman–Crippen MR) is 83.9 cm³/mol. The molecule has 2 aromatic carbocycles. The zero-order valence-corrected chi connectivity index (χ0v) is 12.0. The van der Waals surface area contributed by atoms with Crippen LogP contribution < -0.4 is 10.1 Å². The van der Waals surface area contributed by atoms with Crippen molar-refractivity contribution in [2.75, 3.05) is 12.4 Å². The van der Waals surface area contributed by atoms with Gasteiger partial charge >= 0.3 is 0 Å². The van der Waals surface area contributed by atoms with Crippen molar-refractivity contribution >= 4 is 22.5 Å². The van der Waals surface area contributed by atoms with Gasteiger partial charge in [0.15, 0.2) is 0 Å². The molecule has 0 saturated carbocycles. The van der Waals surface area contributed by atoms with Gasteiger partial charge in [-0.05, 0) is 24.3 Å². The van der Waals surface area contributed by atoms with Gasteiger partial charge in [0.1, 0.15) is 11.4 Å². The second-order valence-corrected chi connectivity index (χ2v) is 4.80. The van der Waals surface area contributed by atoms with Crippen molar-refractivity contribution in [3.63, 3.8) is 0 Å². The lowest BCUT2D eigenvalue weighted by Crippen LogP contribution is -2.16. The van der Waals surface area contributed by atoms with Gasteiger partial charge in [0.25, 0.3) is 5.91 Å². The molecule has 106 valence electrons. The average Bonchev–Trinajstić information content (AvgIpc) is 2.85. The molecule has 0 spiro atoms. The van der Waals surface area contributed by atoms with E-state index in [9.17, 15) is 4.79 Å². The molecule has 4 heteroatoms. The molecule has 0 radical (unpaired) electrons. The van der Waals surface area contributed by atoms with E-state index in [1.807, 2.05) is 66.2 Å². The molecule has 0 aliphatic rings. The van der Waals surface area contributed by atoms with E-state index in [4.69, 9.17) is 4.74 Å². The summed E-state index contributed by atoms with van der Waals surface area (Å²) >= 11 is 0. The number of carbonyl (C=O) groups is 1. The van der Waals surface area contributed by atoms with Crippen LogP contribution in [0.1, 0.15) is 10.5 Å². The fourth-order valence-electron chi connectivity index (χ4n) is 2.44. The molecule has 1 N–H and O–H groups in total. The highest BCUT2D eigenvalue weighted by Gasteiger charge is 2.14. The summed E-state index contributed by atoms with van der Waals surface area (Å²) in [5.74, 6) is 0.489. The second-order valence-electron chi connectivity index (χ2n) is 4.80. The van der Waals surface area contributed by atoms with E-state index in [0.717, 1.165) is 10.9 Å². The Morgan fingerprint density at radius 1 is 1.10 bits per heavy atom. The summed E-state index contributed by atoms with van der Waals surface area (Å²) in [6, 6.07) is 17.2. The summed E-state index contributed by atoms with van der Waals surface area (Å²) < 4.78 is 7.14. The molecule has 4 nitrogen and oxygen atoms in total. The normalized spacial score (nSPS) is 10.6. The van der Waals surface area contributed by atoms with E-state index in [0.29, 0.717) is 17.1 Å². The first-order chi connectivity index (χ1) is 10.2. The van der Waals surface area contributed by atoms with E-state index < -0.39 is 0 Å². The molecule has 0 aliphatic heterocycles. The zero-order valence-electron chi connectivity index (χ0n) is 12.0. The fraction of sp³-hybridized carbons (Fsp3) is 0.118. The van der Waals surface area contributed by atoms with Gasteiger partial charge in [0.2, 0.25) is 0 Å². The van der Waals surface area contributed by atoms with E-state index in [1.54, 1.807) is 7.11 Å². The Morgan fingerprint density at radius 3 is 2.57 bits per heavy atom. The molecule has 0 unspecified atom stereocenters. The average molecular weight is 280 g/mol. The first-order valence-corrected chi connectivity index (χ1v) is 6.69. The summed E-state index contributed by atoms with van der Waals surface area (Å²) in [5.41, 5.74) is 2.31. The number of amides is 1. The summed E-state index contributed by atoms with van der Waals surface area (Å²) in [7, 11) is 3.47. The lowest BCUT2D eigenvalue weighted by Gasteiger charge is -2.10. The van der Waals surface area contributed by atoms with Gasteiger partial charge in [-0.3, -0.25) is 4.79 Å². The third-order valence-corrected chi connectivity index (χ3v) is 3.54. The maximum absolute atomic E-state index is 12.5. The van der Waals surface area contributed by atoms with Gasteiger partial charge in [0, 0.05) is 18.0 Å². The van der Waals surface area contributed by atoms with Crippen LogP contribution in [-0.4, -0.2) is 17.6 Å². The number of rotatable bonds is 3. The largest absolute Gasteiger partial charge is 0.495 e. The number of ether oxygens (including phenoxy) is 1. The number of aryl methyl sites for hydroxylation is 1. The van der Waals surface area contributed by atoms with Crippen LogP contribution in [0.3, 0.4) is 0 Å². The van der Waals surface area contributed by atoms with Crippen molar-refractivity contribution in [1.82, 2.24) is 4.57 Å². The molecule has 0 aliphatic carbocycles. The van der Waals surface area contributed by atoms with E-state index in [2.05, 4.69) is 5.32 Å². The van der Waals surface area contributed by atoms with Gasteiger partial charge in [-0.2, -0.15) is 0 Å². The molecule has 3 rings (SSSR count). The van der Waals surface area contributed by atoms with Crippen LogP contribution in [-0.2, 0) is 7.05 Å². The molecule has 0 saturated heterocycles. The molecule has 1 heterocycles. The Balaban J connectivity index is 1.96. The summed E-state index contributed by atoms with van der Waals surface area (Å²) in [6.45, 7) is 0. The van der Waals surface area contributed by atoms with E-state index in [-0.39, 0.29) is 5.91 Å². The Bertz CT molecular complexity index is 805. The molecule has 0 atom stereocenters. The highest BCUT2D eigenvalue weighted by Crippen LogP contribution is 2.25. The Kier molecular flexibility index (Phi) is 3.36. The molecule has 0 fully saturated rings. The Morgan fingerprint density at radius 2 is 1.81 bits per heavy atom. The molecule has 1 amide bonds. The third kappa shape index (κ3) is 2.36. The van der Waals surface area contributed by atoms with Crippen molar-refractivity contribution in [1.29, 1.82) is 0 Å². The van der Waals surface area contributed by atoms with Crippen molar-refractivity contribution in [3.8, 4) is 5.75 Å². The lowest BCUT2D eigenvalue weighted by atomic mass is 10.2. The second kappa shape index (κ2) is 5.32. The first kappa shape index (κ1) is 13.2. The fourth-order valence-corrected chi connectivity index (χ4v) is 2.44. The molecule has 0 bridgehead atoms. The van der Waals surface area contributed by atoms with E-state index in [1.165, 1.54) is 0 Å². The van der Waals surface area contributed by atoms with E-state index >= 15 is 0 Å². The maximum Gasteiger partial charge on any atom is 0.272 e. The zero-order chi connectivity index (χ0) is 14.8. The maximum atomic E-state index is 12.5. The van der Waals surface area contributed by atoms with Crippen LogP contribution in [0.15, 0.2) is 54.6 Å². The predicted octanol–water partition coefficient (Wildman–Crippen LogP) is 3.44. The molecule has 3 aromatic rings. The number of hydrogen-bond donors (Lipinski definition) is 1. The number of methoxy groups -OCH3 is 1. The van der Waals surface area contributed by atoms with Gasteiger partial charge in [-0.25, -0.2) is 0 Å². The number of fused-ring (bicyclic) bond motifs is 1. The van der Waals surface area contributed by atoms with Gasteiger partial charge in [-0.1, -0.05) is 30.3 Å². The highest BCUT2D eigenvalue weighted by atomic mass is 16.5. The van der Waals surface area contributed by atoms with Crippen LogP contribution in [0, 0.1) is 0 Å². The van der Waals surface area contributed by atoms with Crippen molar-refractivity contribution in [3.05, 3.63) is 60.3 Å². The van der Waals surface area contributed by atoms with Crippen molar-refractivity contribution < 1.29 is 9.53 Å². The number of nitrogens with one attached hydrogen (secondary N) is 1. The summed E-state index contributed by atoms with van der Waals surface area (Å²) in [5, 5.41) is 3.94. The molecular formula is C17H16N2O2. The van der Waals surface area contributed by atoms with Gasteiger partial charge in [0.05, 0.1) is 12.8 Å². The van der Waals surface area contributed by atoms with Crippen molar-refractivity contribution in [2.24, 2.45) is 7.05 Å². The lowest BCUT2D eigenvalue weighted by molar-refractivity contribution is 0.101. The monoisotopic (exact) mass is 280 g/mol. The highest BCUT2D eigenvalue weighted by molar-refractivity contribution is 6.07. The Labute approximate surface area is 123 Å². The topological polar surface area (TPSA) is 43.3 Å². The number of carbonyl (C=O) groups excluding carboxylic acids is 1. The van der Waals surface area contributed by atoms with Crippen LogP contribution in [0.2, 0.25) is 0 Å². The molecule has 1 aromatic heterocycles. The number of hydrogen-bond acceptors (Lipinski definition) is 2. The SMILES string of the molecule is COc1ccccc1NC(=O)c1cc2ccccc2n1C. The van der Waals surface area contributed by atoms with Crippen LogP contribution in [0.5, 0.6) is 5.75 Å². The standard InChI is InChI=1S/C17H16N2O2/c1-19-14-9-5-3-7-12(14)11-15(19)17(20)18-13-8-4-6-10-16(13)21-2/h3-11H,1-2H3,(H,18,20). The van der Waals surface area contributed by atoms with Crippen LogP contribution in [0.4, 0.5) is 5.69 Å². The number of aromatic nitrogens is 1. The quantitative estimate of drug-likeness (QED) is 0.798. The number of nitrogens with zero attached hydrogens (tertiary/aromatic N) is 1. The number of benzene rings is 2. The van der Waals surface area contributed by atoms with Crippen LogP contribution >= 0.6 is 0 Å². The van der Waals surface area contributed by atoms with Crippen molar-refractivity contribution in [2.45, 2.75) is 0 Å². The van der Waals surface area contributed by atoms with Gasteiger partial charge in [-0.15, -0.1) is 0 Å². The molecule has 21 heavy (non-hydrogen) atoms. The summed E-state index contributed by atoms with van der Waals surface area (Å²) in [4.78, 5) is 12.5. The number of anilines is 1. The smallest absolute Gasteiger partial charge is 0.272 e. The number of para-hydroxylation sites is 3. The Hall–Kier alpha value is -2.75. The first-order valence-electron chi connectivity index (χ1n) is 6.69. The van der Waals surface area contributed by atoms with Gasteiger partial charge < -0.3 is 14.6 Å². The summed E-state index contributed by atoms with van der Waals surface area (Å²) in [6.07, 6.45) is 0. The minimum absolute atomic E-state index is 0.154.